The molecule has 1 rings (SSSR count). The van der Waals surface area contributed by atoms with Crippen LogP contribution in [0.15, 0.2) is 0 Å². The first-order chi connectivity index (χ1) is 9.23. The van der Waals surface area contributed by atoms with Gasteiger partial charge < -0.3 is 20.9 Å². The first kappa shape index (κ1) is 17.4. The van der Waals surface area contributed by atoms with E-state index in [4.69, 9.17) is 5.73 Å². The Morgan fingerprint density at radius 1 is 1.45 bits per heavy atom. The third-order valence-electron chi connectivity index (χ3n) is 4.15. The van der Waals surface area contributed by atoms with Crippen molar-refractivity contribution in [2.75, 3.05) is 40.3 Å². The second-order valence-electron chi connectivity index (χ2n) is 6.94. The van der Waals surface area contributed by atoms with Crippen LogP contribution in [0.4, 0.5) is 0 Å². The van der Waals surface area contributed by atoms with Crippen LogP contribution in [0.5, 0.6) is 0 Å². The topological polar surface area (TPSA) is 61.6 Å². The van der Waals surface area contributed by atoms with E-state index in [1.165, 1.54) is 25.9 Å². The molecule has 0 spiro atoms. The van der Waals surface area contributed by atoms with Gasteiger partial charge in [0.05, 0.1) is 0 Å². The van der Waals surface area contributed by atoms with Gasteiger partial charge in [0, 0.05) is 19.1 Å². The number of primary amides is 1. The van der Waals surface area contributed by atoms with Crippen LogP contribution >= 0.6 is 0 Å². The normalized spacial score (nSPS) is 21.4. The number of nitrogens with zero attached hydrogens (tertiary/aromatic N) is 2. The molecule has 5 nitrogen and oxygen atoms in total. The number of rotatable bonds is 7. The number of carbonyl (C=O) groups excluding carboxylic acids is 1. The molecule has 1 fully saturated rings. The standard InChI is InChI=1S/C15H32N4O/c1-12(2)17-15(3,14(16)20)11-19(5)10-13-6-8-18(4)9-7-13/h12-13,17H,6-11H2,1-5H3,(H2,16,20). The van der Waals surface area contributed by atoms with Gasteiger partial charge >= 0.3 is 0 Å². The van der Waals surface area contributed by atoms with E-state index < -0.39 is 5.54 Å². The highest BCUT2D eigenvalue weighted by molar-refractivity contribution is 5.84. The maximum Gasteiger partial charge on any atom is 0.238 e. The maximum atomic E-state index is 11.8. The van der Waals surface area contributed by atoms with Crippen LogP contribution in [0.1, 0.15) is 33.6 Å². The van der Waals surface area contributed by atoms with Crippen LogP contribution < -0.4 is 11.1 Å². The Bertz CT molecular complexity index is 313. The number of likely N-dealkylation sites (tertiary alicyclic amines) is 1. The molecular weight excluding hydrogens is 252 g/mol. The van der Waals surface area contributed by atoms with E-state index in [1.54, 1.807) is 0 Å². The van der Waals surface area contributed by atoms with Gasteiger partial charge in [-0.15, -0.1) is 0 Å². The van der Waals surface area contributed by atoms with Gasteiger partial charge in [-0.25, -0.2) is 0 Å². The zero-order chi connectivity index (χ0) is 15.3. The molecule has 0 aromatic carbocycles. The number of piperidine rings is 1. The van der Waals surface area contributed by atoms with Crippen LogP contribution in [0, 0.1) is 5.92 Å². The predicted octanol–water partition coefficient (Wildman–Crippen LogP) is 0.502. The van der Waals surface area contributed by atoms with Gasteiger partial charge in [0.25, 0.3) is 0 Å². The molecule has 1 amide bonds. The highest BCUT2D eigenvalue weighted by Gasteiger charge is 2.33. The largest absolute Gasteiger partial charge is 0.368 e. The minimum atomic E-state index is -0.658. The second kappa shape index (κ2) is 7.38. The van der Waals surface area contributed by atoms with Crippen LogP contribution in [0.3, 0.4) is 0 Å². The Hall–Kier alpha value is -0.650. The Balaban J connectivity index is 2.49. The van der Waals surface area contributed by atoms with Crippen molar-refractivity contribution in [2.24, 2.45) is 11.7 Å². The number of hydrogen-bond donors (Lipinski definition) is 2. The molecule has 3 N–H and O–H groups in total. The zero-order valence-electron chi connectivity index (χ0n) is 13.8. The van der Waals surface area contributed by atoms with Crippen molar-refractivity contribution >= 4 is 5.91 Å². The van der Waals surface area contributed by atoms with Crippen molar-refractivity contribution in [3.63, 3.8) is 0 Å². The lowest BCUT2D eigenvalue weighted by Gasteiger charge is -2.36. The first-order valence-corrected chi connectivity index (χ1v) is 7.67. The van der Waals surface area contributed by atoms with Crippen molar-refractivity contribution in [3.8, 4) is 0 Å². The summed E-state index contributed by atoms with van der Waals surface area (Å²) in [6, 6.07) is 0.240. The predicted molar refractivity (Wildman–Crippen MR) is 83.6 cm³/mol. The summed E-state index contributed by atoms with van der Waals surface area (Å²) in [7, 11) is 4.26. The molecular formula is C15H32N4O. The molecule has 0 aromatic rings. The van der Waals surface area contributed by atoms with Crippen molar-refractivity contribution in [1.29, 1.82) is 0 Å². The van der Waals surface area contributed by atoms with Gasteiger partial charge in [0.15, 0.2) is 0 Å². The fourth-order valence-electron chi connectivity index (χ4n) is 3.12. The van der Waals surface area contributed by atoms with Crippen molar-refractivity contribution in [3.05, 3.63) is 0 Å². The average Bonchev–Trinajstić information content (AvgIpc) is 2.30. The molecule has 5 heteroatoms. The van der Waals surface area contributed by atoms with Gasteiger partial charge in [-0.05, 0) is 66.7 Å². The summed E-state index contributed by atoms with van der Waals surface area (Å²) in [5.41, 5.74) is 4.93. The molecule has 1 aliphatic rings. The van der Waals surface area contributed by atoms with E-state index in [0.29, 0.717) is 6.54 Å². The summed E-state index contributed by atoms with van der Waals surface area (Å²) >= 11 is 0. The maximum absolute atomic E-state index is 11.8. The molecule has 0 bridgehead atoms. The number of amides is 1. The Labute approximate surface area is 123 Å². The molecule has 1 atom stereocenters. The van der Waals surface area contributed by atoms with Gasteiger partial charge in [-0.3, -0.25) is 4.79 Å². The van der Waals surface area contributed by atoms with E-state index in [9.17, 15) is 4.79 Å². The highest BCUT2D eigenvalue weighted by atomic mass is 16.1. The molecule has 1 unspecified atom stereocenters. The van der Waals surface area contributed by atoms with E-state index in [1.807, 2.05) is 20.8 Å². The molecule has 1 aliphatic heterocycles. The zero-order valence-corrected chi connectivity index (χ0v) is 13.8. The Kier molecular flexibility index (Phi) is 6.43. The summed E-state index contributed by atoms with van der Waals surface area (Å²) in [6.45, 7) is 10.0. The molecule has 0 aromatic heterocycles. The molecule has 0 radical (unpaired) electrons. The summed E-state index contributed by atoms with van der Waals surface area (Å²) in [5, 5.41) is 3.31. The summed E-state index contributed by atoms with van der Waals surface area (Å²) in [6.07, 6.45) is 2.48. The van der Waals surface area contributed by atoms with Gasteiger partial charge in [0.1, 0.15) is 5.54 Å². The summed E-state index contributed by atoms with van der Waals surface area (Å²) in [5.74, 6) is 0.453. The van der Waals surface area contributed by atoms with Crippen LogP contribution in [0.2, 0.25) is 0 Å². The second-order valence-corrected chi connectivity index (χ2v) is 6.94. The molecule has 0 aliphatic carbocycles. The third-order valence-corrected chi connectivity index (χ3v) is 4.15. The van der Waals surface area contributed by atoms with Crippen molar-refractivity contribution < 1.29 is 4.79 Å². The minimum Gasteiger partial charge on any atom is -0.368 e. The number of carbonyl (C=O) groups is 1. The number of likely N-dealkylation sites (N-methyl/N-ethyl adjacent to an activating group) is 1. The van der Waals surface area contributed by atoms with Crippen LogP contribution in [0.25, 0.3) is 0 Å². The fraction of sp³-hybridized carbons (Fsp3) is 0.933. The van der Waals surface area contributed by atoms with E-state index in [0.717, 1.165) is 12.5 Å². The molecule has 1 heterocycles. The van der Waals surface area contributed by atoms with Gasteiger partial charge in [-0.2, -0.15) is 0 Å². The Morgan fingerprint density at radius 3 is 2.45 bits per heavy atom. The van der Waals surface area contributed by atoms with Crippen LogP contribution in [-0.4, -0.2) is 67.6 Å². The smallest absolute Gasteiger partial charge is 0.238 e. The summed E-state index contributed by atoms with van der Waals surface area (Å²) < 4.78 is 0. The minimum absolute atomic E-state index is 0.240. The number of hydrogen-bond acceptors (Lipinski definition) is 4. The van der Waals surface area contributed by atoms with Crippen molar-refractivity contribution in [1.82, 2.24) is 15.1 Å². The quantitative estimate of drug-likeness (QED) is 0.715. The highest BCUT2D eigenvalue weighted by Crippen LogP contribution is 2.18. The van der Waals surface area contributed by atoms with Crippen LogP contribution in [-0.2, 0) is 4.79 Å². The lowest BCUT2D eigenvalue weighted by Crippen LogP contribution is -2.61. The summed E-state index contributed by atoms with van der Waals surface area (Å²) in [4.78, 5) is 16.4. The van der Waals surface area contributed by atoms with Crippen molar-refractivity contribution in [2.45, 2.75) is 45.2 Å². The van der Waals surface area contributed by atoms with E-state index >= 15 is 0 Å². The molecule has 118 valence electrons. The average molecular weight is 284 g/mol. The number of nitrogens with one attached hydrogen (secondary N) is 1. The molecule has 0 saturated carbocycles. The lowest BCUT2D eigenvalue weighted by atomic mass is 9.95. The fourth-order valence-corrected chi connectivity index (χ4v) is 3.12. The first-order valence-electron chi connectivity index (χ1n) is 7.67. The lowest BCUT2D eigenvalue weighted by molar-refractivity contribution is -0.124. The third kappa shape index (κ3) is 5.38. The molecule has 20 heavy (non-hydrogen) atoms. The van der Waals surface area contributed by atoms with E-state index in [-0.39, 0.29) is 11.9 Å². The Morgan fingerprint density at radius 2 is 2.00 bits per heavy atom. The van der Waals surface area contributed by atoms with Gasteiger partial charge in [-0.1, -0.05) is 0 Å². The van der Waals surface area contributed by atoms with E-state index in [2.05, 4.69) is 29.2 Å². The monoisotopic (exact) mass is 284 g/mol. The number of nitrogens with two attached hydrogens (primary N) is 1. The SMILES string of the molecule is CC(C)NC(C)(CN(C)CC1CCN(C)CC1)C(N)=O. The van der Waals surface area contributed by atoms with Gasteiger partial charge in [0.2, 0.25) is 5.91 Å². The molecule has 1 saturated heterocycles.